The van der Waals surface area contributed by atoms with Crippen LogP contribution in [0.2, 0.25) is 0 Å². The van der Waals surface area contributed by atoms with Crippen LogP contribution in [0.5, 0.6) is 0 Å². The predicted molar refractivity (Wildman–Crippen MR) is 190 cm³/mol. The van der Waals surface area contributed by atoms with Crippen LogP contribution >= 0.6 is 7.60 Å². The molecule has 2 aromatic rings. The molecule has 1 saturated carbocycles. The molecular formula is C36H46N5O10P. The Morgan fingerprint density at radius 1 is 0.865 bits per heavy atom. The van der Waals surface area contributed by atoms with Gasteiger partial charge >= 0.3 is 19.5 Å². The fourth-order valence-electron chi connectivity index (χ4n) is 6.71. The molecular weight excluding hydrogens is 693 g/mol. The molecule has 0 unspecified atom stereocenters. The molecule has 1 fully saturated rings. The molecule has 5 amide bonds. The highest BCUT2D eigenvalue weighted by molar-refractivity contribution is 7.50. The molecule has 4 rings (SSSR count). The van der Waals surface area contributed by atoms with E-state index in [0.717, 1.165) is 25.7 Å². The van der Waals surface area contributed by atoms with Crippen molar-refractivity contribution in [3.8, 4) is 0 Å². The number of fused-ring (bicyclic) bond motifs is 1. The first-order valence-electron chi connectivity index (χ1n) is 17.3. The summed E-state index contributed by atoms with van der Waals surface area (Å²) >= 11 is 0. The second kappa shape index (κ2) is 18.1. The van der Waals surface area contributed by atoms with Gasteiger partial charge in [0, 0.05) is 13.0 Å². The quantitative estimate of drug-likeness (QED) is 0.0649. The van der Waals surface area contributed by atoms with E-state index in [-0.39, 0.29) is 25.8 Å². The van der Waals surface area contributed by atoms with Gasteiger partial charge in [0.2, 0.25) is 23.6 Å². The van der Waals surface area contributed by atoms with E-state index < -0.39 is 73.3 Å². The summed E-state index contributed by atoms with van der Waals surface area (Å²) in [4.78, 5) is 95.1. The third kappa shape index (κ3) is 11.6. The number of carboxylic acids is 1. The highest BCUT2D eigenvalue weighted by Gasteiger charge is 2.44. The van der Waals surface area contributed by atoms with Crippen molar-refractivity contribution >= 4 is 54.8 Å². The molecule has 0 bridgehead atoms. The van der Waals surface area contributed by atoms with Crippen molar-refractivity contribution in [3.05, 3.63) is 70.1 Å². The van der Waals surface area contributed by atoms with Crippen LogP contribution in [-0.2, 0) is 45.9 Å². The molecule has 2 atom stereocenters. The minimum absolute atomic E-state index is 0.170. The fraction of sp³-hybridized carbons (Fsp3) is 0.444. The molecule has 0 saturated heterocycles. The first-order chi connectivity index (χ1) is 24.7. The van der Waals surface area contributed by atoms with Crippen LogP contribution in [-0.4, -0.2) is 74.6 Å². The number of primary amides is 1. The van der Waals surface area contributed by atoms with Gasteiger partial charge < -0.3 is 41.9 Å². The summed E-state index contributed by atoms with van der Waals surface area (Å²) in [5.74, 6) is -6.31. The number of hydrogen-bond donors (Lipinski definition) is 8. The number of rotatable bonds is 16. The standard InChI is InChI=1S/C36H46N5O10P/c37-30(42)21-29(31(43)38-19-7-11-26-10-6-9-25-8-2-3-12-27(25)26)40-35(48)36(17-4-1-5-18-36)41-32(44)28(39-33(45)34(46)47)20-23-13-15-24(16-14-23)22-52(49,50)51/h2-3,8-9,12-16,28-29H,1,4-7,10-11,17-22H2,(H2,37,42)(H,38,43)(H,39,45)(H,40,48)(H,41,44)(H,46,47)(H2,49,50,51)/t28-,29-/m0/s1. The molecule has 0 aliphatic heterocycles. The van der Waals surface area contributed by atoms with Crippen LogP contribution in [0.3, 0.4) is 0 Å². The third-order valence-electron chi connectivity index (χ3n) is 9.31. The van der Waals surface area contributed by atoms with Crippen molar-refractivity contribution in [1.29, 1.82) is 0 Å². The lowest BCUT2D eigenvalue weighted by Crippen LogP contribution is -2.65. The molecule has 0 radical (unpaired) electrons. The van der Waals surface area contributed by atoms with Crippen LogP contribution in [0.15, 0.2) is 48.5 Å². The Morgan fingerprint density at radius 3 is 2.19 bits per heavy atom. The average Bonchev–Trinajstić information content (AvgIpc) is 3.09. The molecule has 2 aromatic carbocycles. The predicted octanol–water partition coefficient (Wildman–Crippen LogP) is -0.0229. The lowest BCUT2D eigenvalue weighted by Gasteiger charge is -2.38. The van der Waals surface area contributed by atoms with Crippen LogP contribution in [0.1, 0.15) is 75.3 Å². The van der Waals surface area contributed by atoms with Crippen molar-refractivity contribution in [2.45, 2.75) is 94.4 Å². The summed E-state index contributed by atoms with van der Waals surface area (Å²) in [6.45, 7) is 0.284. The summed E-state index contributed by atoms with van der Waals surface area (Å²) in [6, 6.07) is 11.2. The molecule has 9 N–H and O–H groups in total. The Labute approximate surface area is 300 Å². The highest BCUT2D eigenvalue weighted by atomic mass is 31.2. The summed E-state index contributed by atoms with van der Waals surface area (Å²) in [6.07, 6.45) is 6.40. The van der Waals surface area contributed by atoms with Crippen molar-refractivity contribution in [2.24, 2.45) is 5.73 Å². The Kier molecular flexibility index (Phi) is 13.9. The van der Waals surface area contributed by atoms with Gasteiger partial charge in [-0.1, -0.05) is 79.4 Å². The van der Waals surface area contributed by atoms with Gasteiger partial charge in [-0.25, -0.2) is 4.79 Å². The van der Waals surface area contributed by atoms with Crippen LogP contribution < -0.4 is 37.4 Å². The molecule has 2 aliphatic carbocycles. The van der Waals surface area contributed by atoms with E-state index in [1.165, 1.54) is 40.3 Å². The van der Waals surface area contributed by atoms with Crippen molar-refractivity contribution in [1.82, 2.24) is 21.3 Å². The van der Waals surface area contributed by atoms with Crippen LogP contribution in [0.4, 0.5) is 0 Å². The van der Waals surface area contributed by atoms with Gasteiger partial charge in [-0.2, -0.15) is 0 Å². The largest absolute Gasteiger partial charge is 0.474 e. The maximum absolute atomic E-state index is 14.0. The van der Waals surface area contributed by atoms with Gasteiger partial charge in [0.25, 0.3) is 0 Å². The van der Waals surface area contributed by atoms with E-state index >= 15 is 0 Å². The SMILES string of the molecule is NC(=O)C[C@H](NC(=O)C1(NC(=O)[C@H](Cc2ccc(CP(=O)(O)O)cc2)NC(=O)C(=O)O)CCCCC1)C(=O)NCCCC1=c2ccccc2=CCC1. The first kappa shape index (κ1) is 39.9. The second-order valence-corrected chi connectivity index (χ2v) is 15.0. The van der Waals surface area contributed by atoms with Crippen molar-refractivity contribution in [2.75, 3.05) is 6.54 Å². The molecule has 2 aliphatic rings. The second-order valence-electron chi connectivity index (χ2n) is 13.3. The first-order valence-corrected chi connectivity index (χ1v) is 19.1. The fourth-order valence-corrected chi connectivity index (χ4v) is 7.39. The van der Waals surface area contributed by atoms with Gasteiger partial charge in [-0.3, -0.25) is 28.5 Å². The zero-order valence-electron chi connectivity index (χ0n) is 28.8. The third-order valence-corrected chi connectivity index (χ3v) is 10.1. The van der Waals surface area contributed by atoms with Crippen LogP contribution in [0, 0.1) is 0 Å². The number of aliphatic carboxylic acids is 1. The summed E-state index contributed by atoms with van der Waals surface area (Å²) in [7, 11) is -4.34. The maximum atomic E-state index is 14.0. The van der Waals surface area contributed by atoms with Gasteiger partial charge in [-0.05, 0) is 60.1 Å². The average molecular weight is 740 g/mol. The normalized spacial score (nSPS) is 16.2. The van der Waals surface area contributed by atoms with E-state index in [1.54, 1.807) is 0 Å². The number of carboxylic acid groups (broad SMARTS) is 1. The number of amides is 5. The monoisotopic (exact) mass is 739 g/mol. The van der Waals surface area contributed by atoms with E-state index in [1.807, 2.05) is 12.1 Å². The maximum Gasteiger partial charge on any atom is 0.394 e. The zero-order valence-corrected chi connectivity index (χ0v) is 29.7. The van der Waals surface area contributed by atoms with E-state index in [4.69, 9.17) is 5.73 Å². The Balaban J connectivity index is 1.46. The number of carbonyl (C=O) groups is 6. The van der Waals surface area contributed by atoms with Gasteiger partial charge in [0.15, 0.2) is 0 Å². The number of nitrogens with two attached hydrogens (primary N) is 1. The minimum atomic E-state index is -4.34. The molecule has 280 valence electrons. The van der Waals surface area contributed by atoms with E-state index in [0.29, 0.717) is 30.4 Å². The highest BCUT2D eigenvalue weighted by Crippen LogP contribution is 2.39. The smallest absolute Gasteiger partial charge is 0.394 e. The topological polar surface area (TPSA) is 254 Å². The molecule has 15 nitrogen and oxygen atoms in total. The zero-order chi connectivity index (χ0) is 37.9. The van der Waals surface area contributed by atoms with Gasteiger partial charge in [-0.15, -0.1) is 0 Å². The van der Waals surface area contributed by atoms with Gasteiger partial charge in [0.1, 0.15) is 17.6 Å². The number of hydrogen-bond acceptors (Lipinski definition) is 7. The molecule has 0 aromatic heterocycles. The Hall–Kier alpha value is -4.85. The number of carbonyl (C=O) groups excluding carboxylic acids is 5. The molecule has 16 heteroatoms. The number of benzene rings is 2. The number of nitrogens with one attached hydrogen (secondary N) is 4. The summed E-state index contributed by atoms with van der Waals surface area (Å²) in [5.41, 5.74) is 5.95. The summed E-state index contributed by atoms with van der Waals surface area (Å²) in [5, 5.41) is 21.9. The van der Waals surface area contributed by atoms with Gasteiger partial charge in [0.05, 0.1) is 12.6 Å². The summed E-state index contributed by atoms with van der Waals surface area (Å²) < 4.78 is 11.4. The molecule has 0 spiro atoms. The van der Waals surface area contributed by atoms with Crippen molar-refractivity contribution in [3.63, 3.8) is 0 Å². The molecule has 52 heavy (non-hydrogen) atoms. The van der Waals surface area contributed by atoms with E-state index in [2.05, 4.69) is 39.5 Å². The van der Waals surface area contributed by atoms with Crippen molar-refractivity contribution < 1.29 is 48.2 Å². The lowest BCUT2D eigenvalue weighted by molar-refractivity contribution is -0.151. The van der Waals surface area contributed by atoms with Crippen LogP contribution in [0.25, 0.3) is 11.6 Å². The molecule has 0 heterocycles. The lowest BCUT2D eigenvalue weighted by atomic mass is 9.80. The Morgan fingerprint density at radius 2 is 1.54 bits per heavy atom. The minimum Gasteiger partial charge on any atom is -0.474 e. The van der Waals surface area contributed by atoms with E-state index in [9.17, 15) is 48.2 Å². The Bertz CT molecular complexity index is 1840.